The van der Waals surface area contributed by atoms with E-state index >= 15 is 0 Å². The van der Waals surface area contributed by atoms with Gasteiger partial charge < -0.3 is 0 Å². The summed E-state index contributed by atoms with van der Waals surface area (Å²) in [5.74, 6) is -1.42. The van der Waals surface area contributed by atoms with Gasteiger partial charge in [0.2, 0.25) is 5.91 Å². The molecular weight excluding hydrogens is 366 g/mol. The van der Waals surface area contributed by atoms with E-state index in [9.17, 15) is 13.6 Å². The molecular formula is C19H16F2N6O. The Morgan fingerprint density at radius 3 is 2.61 bits per heavy atom. The molecule has 2 aromatic rings. The molecule has 3 saturated carbocycles. The summed E-state index contributed by atoms with van der Waals surface area (Å²) in [7, 11) is 0. The summed E-state index contributed by atoms with van der Waals surface area (Å²) < 4.78 is 28.8. The number of benzene rings is 1. The number of nitriles is 1. The Balaban J connectivity index is 1.29. The quantitative estimate of drug-likeness (QED) is 0.813. The monoisotopic (exact) mass is 382 g/mol. The largest absolute Gasteiger partial charge is 0.272 e. The molecule has 0 spiro atoms. The van der Waals surface area contributed by atoms with Gasteiger partial charge in [-0.1, -0.05) is 5.21 Å². The highest BCUT2D eigenvalue weighted by molar-refractivity contribution is 5.88. The van der Waals surface area contributed by atoms with Crippen LogP contribution in [0.25, 0.3) is 0 Å². The van der Waals surface area contributed by atoms with Crippen LogP contribution in [0.1, 0.15) is 43.0 Å². The lowest BCUT2D eigenvalue weighted by molar-refractivity contribution is -0.223. The van der Waals surface area contributed by atoms with Gasteiger partial charge in [0.05, 0.1) is 17.7 Å². The van der Waals surface area contributed by atoms with Crippen LogP contribution in [0.4, 0.5) is 8.78 Å². The highest BCUT2D eigenvalue weighted by Gasteiger charge is 2.72. The maximum Gasteiger partial charge on any atom is 0.249 e. The van der Waals surface area contributed by atoms with E-state index in [-0.39, 0.29) is 17.0 Å². The lowest BCUT2D eigenvalue weighted by Crippen LogP contribution is -2.68. The summed E-state index contributed by atoms with van der Waals surface area (Å²) in [6.07, 6.45) is 5.82. The van der Waals surface area contributed by atoms with Crippen molar-refractivity contribution in [3.8, 4) is 6.07 Å². The second-order valence-corrected chi connectivity index (χ2v) is 8.13. The van der Waals surface area contributed by atoms with Crippen LogP contribution in [0.15, 0.2) is 29.5 Å². The molecule has 1 aromatic heterocycles. The molecule has 0 N–H and O–H groups in total. The second kappa shape index (κ2) is 5.67. The minimum absolute atomic E-state index is 0.0000157. The highest BCUT2D eigenvalue weighted by atomic mass is 19.1. The number of nitrogens with zero attached hydrogens (tertiary/aromatic N) is 6. The number of halogens is 2. The fourth-order valence-electron chi connectivity index (χ4n) is 5.06. The molecule has 2 heterocycles. The Morgan fingerprint density at radius 2 is 1.96 bits per heavy atom. The van der Waals surface area contributed by atoms with Crippen molar-refractivity contribution >= 4 is 12.1 Å². The Hall–Kier alpha value is -3.15. The lowest BCUT2D eigenvalue weighted by Gasteiger charge is -2.69. The van der Waals surface area contributed by atoms with Crippen LogP contribution < -0.4 is 0 Å². The summed E-state index contributed by atoms with van der Waals surface area (Å²) in [5.41, 5.74) is 0.231. The number of carbonyl (C=O) groups is 1. The molecule has 3 aliphatic carbocycles. The van der Waals surface area contributed by atoms with Gasteiger partial charge in [-0.25, -0.2) is 13.8 Å². The lowest BCUT2D eigenvalue weighted by atomic mass is 9.34. The Morgan fingerprint density at radius 1 is 1.25 bits per heavy atom. The maximum absolute atomic E-state index is 13.6. The van der Waals surface area contributed by atoms with Gasteiger partial charge in [-0.15, -0.1) is 5.10 Å². The summed E-state index contributed by atoms with van der Waals surface area (Å²) in [5, 5.41) is 22.1. The molecule has 1 aliphatic heterocycles. The van der Waals surface area contributed by atoms with E-state index in [4.69, 9.17) is 5.26 Å². The number of amides is 1. The molecule has 9 heteroatoms. The van der Waals surface area contributed by atoms with Gasteiger partial charge in [0.25, 0.3) is 0 Å². The van der Waals surface area contributed by atoms with Gasteiger partial charge in [-0.2, -0.15) is 10.4 Å². The van der Waals surface area contributed by atoms with E-state index in [0.29, 0.717) is 18.5 Å². The predicted octanol–water partition coefficient (Wildman–Crippen LogP) is 2.56. The topological polar surface area (TPSA) is 87.2 Å². The zero-order valence-electron chi connectivity index (χ0n) is 14.8. The third-order valence-electron chi connectivity index (χ3n) is 6.05. The molecule has 6 rings (SSSR count). The van der Waals surface area contributed by atoms with Gasteiger partial charge in [-0.05, 0) is 42.4 Å². The van der Waals surface area contributed by atoms with Crippen molar-refractivity contribution in [2.75, 3.05) is 0 Å². The fourth-order valence-corrected chi connectivity index (χ4v) is 5.06. The smallest absolute Gasteiger partial charge is 0.249 e. The van der Waals surface area contributed by atoms with Crippen molar-refractivity contribution in [1.29, 1.82) is 5.26 Å². The first-order valence-corrected chi connectivity index (χ1v) is 9.04. The average Bonchev–Trinajstić information content (AvgIpc) is 3.24. The van der Waals surface area contributed by atoms with E-state index in [1.807, 2.05) is 6.07 Å². The molecule has 3 fully saturated rings. The molecule has 0 saturated heterocycles. The van der Waals surface area contributed by atoms with E-state index in [1.165, 1.54) is 17.1 Å². The zero-order chi connectivity index (χ0) is 19.5. The van der Waals surface area contributed by atoms with E-state index in [1.54, 1.807) is 17.1 Å². The molecule has 1 amide bonds. The number of aromatic nitrogens is 3. The van der Waals surface area contributed by atoms with Crippen LogP contribution in [0, 0.1) is 33.8 Å². The fraction of sp³-hybridized carbons (Fsp3) is 0.421. The van der Waals surface area contributed by atoms with Gasteiger partial charge in [0.1, 0.15) is 17.7 Å². The molecule has 142 valence electrons. The number of hydrogen-bond acceptors (Lipinski definition) is 5. The van der Waals surface area contributed by atoms with Crippen molar-refractivity contribution in [3.05, 3.63) is 47.3 Å². The maximum atomic E-state index is 13.6. The molecule has 1 atom stereocenters. The first kappa shape index (κ1) is 17.0. The normalized spacial score (nSPS) is 29.9. The number of hydrogen-bond donors (Lipinski definition) is 0. The van der Waals surface area contributed by atoms with E-state index in [0.717, 1.165) is 25.3 Å². The van der Waals surface area contributed by atoms with Crippen LogP contribution in [-0.2, 0) is 11.3 Å². The standard InChI is InChI=1S/C19H16F2N6O/c20-13-3-12(4-14(21)5-13)16-1-2-23-27(16)17(28)19-8-18(9-19,10-19)11-26-7-15(6-22)24-25-26/h2-5,7,16H,1,8-11H2. The third-order valence-corrected chi connectivity index (χ3v) is 6.05. The van der Waals surface area contributed by atoms with Gasteiger partial charge >= 0.3 is 0 Å². The second-order valence-electron chi connectivity index (χ2n) is 8.13. The Kier molecular flexibility index (Phi) is 3.44. The van der Waals surface area contributed by atoms with Crippen LogP contribution in [0.5, 0.6) is 0 Å². The third kappa shape index (κ3) is 2.44. The number of hydrazone groups is 1. The highest BCUT2D eigenvalue weighted by Crippen LogP contribution is 2.74. The molecule has 2 bridgehead atoms. The van der Waals surface area contributed by atoms with Crippen LogP contribution in [0.2, 0.25) is 0 Å². The first-order chi connectivity index (χ1) is 13.4. The summed E-state index contributed by atoms with van der Waals surface area (Å²) in [6.45, 7) is 0.624. The Bertz CT molecular complexity index is 1010. The van der Waals surface area contributed by atoms with Crippen molar-refractivity contribution in [3.63, 3.8) is 0 Å². The number of rotatable bonds is 4. The zero-order valence-corrected chi connectivity index (χ0v) is 14.8. The molecule has 28 heavy (non-hydrogen) atoms. The minimum atomic E-state index is -0.664. The molecule has 4 aliphatic rings. The minimum Gasteiger partial charge on any atom is -0.272 e. The van der Waals surface area contributed by atoms with Crippen LogP contribution in [0.3, 0.4) is 0 Å². The van der Waals surface area contributed by atoms with E-state index in [2.05, 4.69) is 15.4 Å². The summed E-state index contributed by atoms with van der Waals surface area (Å²) >= 11 is 0. The van der Waals surface area contributed by atoms with Crippen molar-refractivity contribution < 1.29 is 13.6 Å². The molecule has 1 aromatic carbocycles. The summed E-state index contributed by atoms with van der Waals surface area (Å²) in [4.78, 5) is 13.1. The number of carbonyl (C=O) groups excluding carboxylic acids is 1. The van der Waals surface area contributed by atoms with Crippen molar-refractivity contribution in [2.24, 2.45) is 15.9 Å². The SMILES string of the molecule is N#Cc1cn(CC23CC(C(=O)N4N=CCC4c4cc(F)cc(F)c4)(C2)C3)nn1. The van der Waals surface area contributed by atoms with Gasteiger partial charge in [0, 0.05) is 25.2 Å². The molecule has 1 unspecified atom stereocenters. The predicted molar refractivity (Wildman–Crippen MR) is 92.5 cm³/mol. The van der Waals surface area contributed by atoms with Crippen molar-refractivity contribution in [2.45, 2.75) is 38.3 Å². The van der Waals surface area contributed by atoms with Crippen molar-refractivity contribution in [1.82, 2.24) is 20.0 Å². The van der Waals surface area contributed by atoms with Gasteiger partial charge in [0.15, 0.2) is 5.69 Å². The van der Waals surface area contributed by atoms with Crippen LogP contribution >= 0.6 is 0 Å². The van der Waals surface area contributed by atoms with E-state index < -0.39 is 23.1 Å². The first-order valence-electron chi connectivity index (χ1n) is 9.04. The average molecular weight is 382 g/mol. The van der Waals surface area contributed by atoms with Gasteiger partial charge in [-0.3, -0.25) is 9.48 Å². The van der Waals surface area contributed by atoms with Crippen LogP contribution in [-0.4, -0.2) is 32.1 Å². The molecule has 7 nitrogen and oxygen atoms in total. The molecule has 0 radical (unpaired) electrons. The Labute approximate surface area is 159 Å². The summed E-state index contributed by atoms with van der Waals surface area (Å²) in [6, 6.07) is 4.80.